The average molecular weight is 528 g/mol. The van der Waals surface area contributed by atoms with Crippen LogP contribution >= 0.6 is 27.5 Å². The molecule has 3 aromatic rings. The van der Waals surface area contributed by atoms with Crippen LogP contribution in [0, 0.1) is 0 Å². The largest absolute Gasteiger partial charge is 0.508 e. The van der Waals surface area contributed by atoms with E-state index in [1.165, 1.54) is 30.3 Å². The van der Waals surface area contributed by atoms with E-state index in [4.69, 9.17) is 16.3 Å². The number of barbiturate groups is 1. The minimum Gasteiger partial charge on any atom is -0.508 e. The number of benzene rings is 3. The van der Waals surface area contributed by atoms with Crippen LogP contribution in [0.5, 0.6) is 11.5 Å². The molecule has 9 heteroatoms. The predicted molar refractivity (Wildman–Crippen MR) is 127 cm³/mol. The fraction of sp³-hybridized carbons (Fsp3) is 0.0417. The van der Waals surface area contributed by atoms with Crippen LogP contribution in [0.3, 0.4) is 0 Å². The number of rotatable bonds is 5. The van der Waals surface area contributed by atoms with Gasteiger partial charge >= 0.3 is 6.03 Å². The number of phenols is 1. The van der Waals surface area contributed by atoms with E-state index in [1.54, 1.807) is 24.3 Å². The fourth-order valence-electron chi connectivity index (χ4n) is 3.16. The molecule has 1 fully saturated rings. The minimum absolute atomic E-state index is 0.0165. The first-order valence-electron chi connectivity index (χ1n) is 9.70. The molecule has 4 rings (SSSR count). The zero-order valence-corrected chi connectivity index (χ0v) is 19.3. The molecular weight excluding hydrogens is 512 g/mol. The number of phenolic OH excluding ortho intramolecular Hbond substituents is 1. The van der Waals surface area contributed by atoms with Crippen molar-refractivity contribution in [3.8, 4) is 11.5 Å². The quantitative estimate of drug-likeness (QED) is 0.357. The Morgan fingerprint density at radius 1 is 1.03 bits per heavy atom. The van der Waals surface area contributed by atoms with Gasteiger partial charge < -0.3 is 9.84 Å². The van der Waals surface area contributed by atoms with Gasteiger partial charge in [-0.1, -0.05) is 35.9 Å². The number of carbonyl (C=O) groups excluding carboxylic acids is 3. The minimum atomic E-state index is -0.864. The predicted octanol–water partition coefficient (Wildman–Crippen LogP) is 5.05. The maximum atomic E-state index is 12.9. The van der Waals surface area contributed by atoms with Crippen molar-refractivity contribution in [1.29, 1.82) is 0 Å². The smallest absolute Gasteiger partial charge is 0.335 e. The van der Waals surface area contributed by atoms with Crippen LogP contribution in [0.25, 0.3) is 6.08 Å². The molecule has 1 aliphatic heterocycles. The number of amides is 4. The Labute approximate surface area is 202 Å². The summed E-state index contributed by atoms with van der Waals surface area (Å²) in [4.78, 5) is 38.4. The molecule has 2 N–H and O–H groups in total. The molecule has 0 bridgehead atoms. The number of halogens is 2. The Bertz CT molecular complexity index is 1290. The zero-order chi connectivity index (χ0) is 23.5. The van der Waals surface area contributed by atoms with Crippen LogP contribution in [0.2, 0.25) is 5.02 Å². The van der Waals surface area contributed by atoms with Crippen molar-refractivity contribution in [2.45, 2.75) is 6.61 Å². The van der Waals surface area contributed by atoms with E-state index in [9.17, 15) is 19.5 Å². The van der Waals surface area contributed by atoms with E-state index < -0.39 is 17.8 Å². The average Bonchev–Trinajstić information content (AvgIpc) is 2.78. The Hall–Kier alpha value is -3.62. The third-order valence-corrected chi connectivity index (χ3v) is 5.81. The van der Waals surface area contributed by atoms with Crippen LogP contribution < -0.4 is 15.0 Å². The molecule has 1 saturated heterocycles. The van der Waals surface area contributed by atoms with Gasteiger partial charge in [-0.15, -0.1) is 0 Å². The molecule has 0 aliphatic carbocycles. The highest BCUT2D eigenvalue weighted by Gasteiger charge is 2.36. The summed E-state index contributed by atoms with van der Waals surface area (Å²) in [5.41, 5.74) is 1.39. The molecule has 4 amide bonds. The summed E-state index contributed by atoms with van der Waals surface area (Å²) in [6, 6.07) is 17.0. The zero-order valence-electron chi connectivity index (χ0n) is 16.9. The molecule has 33 heavy (non-hydrogen) atoms. The van der Waals surface area contributed by atoms with E-state index in [0.29, 0.717) is 20.8 Å². The van der Waals surface area contributed by atoms with E-state index in [1.807, 2.05) is 18.2 Å². The number of urea groups is 1. The van der Waals surface area contributed by atoms with E-state index in [-0.39, 0.29) is 23.6 Å². The first-order valence-corrected chi connectivity index (χ1v) is 10.9. The summed E-state index contributed by atoms with van der Waals surface area (Å²) in [6.07, 6.45) is 1.39. The van der Waals surface area contributed by atoms with Crippen molar-refractivity contribution in [2.24, 2.45) is 0 Å². The Morgan fingerprint density at radius 2 is 1.76 bits per heavy atom. The summed E-state index contributed by atoms with van der Waals surface area (Å²) in [5, 5.41) is 12.2. The van der Waals surface area contributed by atoms with Crippen LogP contribution in [0.1, 0.15) is 11.1 Å². The molecule has 0 saturated carbocycles. The molecule has 3 aromatic carbocycles. The number of anilines is 1. The molecule has 1 aliphatic rings. The van der Waals surface area contributed by atoms with Crippen molar-refractivity contribution in [3.05, 3.63) is 92.9 Å². The van der Waals surface area contributed by atoms with Gasteiger partial charge in [-0.25, -0.2) is 9.69 Å². The number of nitrogens with one attached hydrogen (secondary N) is 1. The summed E-state index contributed by atoms with van der Waals surface area (Å²) in [5.74, 6) is -1.03. The molecule has 7 nitrogen and oxygen atoms in total. The van der Waals surface area contributed by atoms with Gasteiger partial charge in [0.2, 0.25) is 0 Å². The highest BCUT2D eigenvalue weighted by Crippen LogP contribution is 2.29. The lowest BCUT2D eigenvalue weighted by Gasteiger charge is -2.26. The number of carbonyl (C=O) groups is 3. The van der Waals surface area contributed by atoms with Crippen LogP contribution in [-0.2, 0) is 16.2 Å². The van der Waals surface area contributed by atoms with E-state index in [0.717, 1.165) is 10.5 Å². The topological polar surface area (TPSA) is 95.9 Å². The molecule has 166 valence electrons. The van der Waals surface area contributed by atoms with Gasteiger partial charge in [-0.2, -0.15) is 0 Å². The summed E-state index contributed by atoms with van der Waals surface area (Å²) in [6.45, 7) is 0.267. The highest BCUT2D eigenvalue weighted by molar-refractivity contribution is 9.10. The van der Waals surface area contributed by atoms with Crippen molar-refractivity contribution in [3.63, 3.8) is 0 Å². The van der Waals surface area contributed by atoms with Crippen molar-refractivity contribution >= 4 is 57.1 Å². The standard InChI is InChI=1S/C24H16BrClN2O5/c25-19-12-14(5-10-21(19)33-13-15-3-1-2-4-20(15)26)11-18-22(30)27-24(32)28(23(18)31)16-6-8-17(29)9-7-16/h1-12,29H,13H2,(H,27,30,32)/b18-11+. The lowest BCUT2D eigenvalue weighted by molar-refractivity contribution is -0.122. The van der Waals surface area contributed by atoms with Crippen LogP contribution in [0.15, 0.2) is 76.8 Å². The molecule has 0 radical (unpaired) electrons. The Morgan fingerprint density at radius 3 is 2.45 bits per heavy atom. The maximum Gasteiger partial charge on any atom is 0.335 e. The van der Waals surface area contributed by atoms with E-state index in [2.05, 4.69) is 21.2 Å². The summed E-state index contributed by atoms with van der Waals surface area (Å²) in [7, 11) is 0. The lowest BCUT2D eigenvalue weighted by Crippen LogP contribution is -2.54. The van der Waals surface area contributed by atoms with Gasteiger partial charge in [0.1, 0.15) is 23.7 Å². The van der Waals surface area contributed by atoms with Crippen molar-refractivity contribution < 1.29 is 24.2 Å². The van der Waals surface area contributed by atoms with Gasteiger partial charge in [-0.05, 0) is 70.0 Å². The first-order chi connectivity index (χ1) is 15.8. The second-order valence-corrected chi connectivity index (χ2v) is 8.31. The Balaban J connectivity index is 1.57. The molecular formula is C24H16BrClN2O5. The number of aromatic hydroxyl groups is 1. The maximum absolute atomic E-state index is 12.9. The van der Waals surface area contributed by atoms with Crippen molar-refractivity contribution in [1.82, 2.24) is 5.32 Å². The van der Waals surface area contributed by atoms with Crippen LogP contribution in [0.4, 0.5) is 10.5 Å². The fourth-order valence-corrected chi connectivity index (χ4v) is 3.86. The van der Waals surface area contributed by atoms with Gasteiger partial charge in [0.25, 0.3) is 11.8 Å². The Kier molecular flexibility index (Phi) is 6.48. The molecule has 1 heterocycles. The number of hydrogen-bond donors (Lipinski definition) is 2. The van der Waals surface area contributed by atoms with Gasteiger partial charge in [0, 0.05) is 10.6 Å². The van der Waals surface area contributed by atoms with Gasteiger partial charge in [0.15, 0.2) is 0 Å². The van der Waals surface area contributed by atoms with Crippen molar-refractivity contribution in [2.75, 3.05) is 4.90 Å². The lowest BCUT2D eigenvalue weighted by atomic mass is 10.1. The number of hydrogen-bond acceptors (Lipinski definition) is 5. The van der Waals surface area contributed by atoms with Gasteiger partial charge in [-0.3, -0.25) is 14.9 Å². The SMILES string of the molecule is O=C1NC(=O)N(c2ccc(O)cc2)C(=O)/C1=C/c1ccc(OCc2ccccc2Cl)c(Br)c1. The molecule has 0 atom stereocenters. The second-order valence-electron chi connectivity index (χ2n) is 7.04. The van der Waals surface area contributed by atoms with E-state index >= 15 is 0 Å². The monoisotopic (exact) mass is 526 g/mol. The number of imide groups is 2. The number of nitrogens with zero attached hydrogens (tertiary/aromatic N) is 1. The molecule has 0 aromatic heterocycles. The third kappa shape index (κ3) is 4.92. The number of ether oxygens (including phenoxy) is 1. The normalized spacial score (nSPS) is 15.0. The second kappa shape index (κ2) is 9.48. The molecule has 0 unspecified atom stereocenters. The van der Waals surface area contributed by atoms with Crippen LogP contribution in [-0.4, -0.2) is 23.0 Å². The summed E-state index contributed by atoms with van der Waals surface area (Å²) >= 11 is 9.59. The first kappa shape index (κ1) is 22.6. The summed E-state index contributed by atoms with van der Waals surface area (Å²) < 4.78 is 6.43. The highest BCUT2D eigenvalue weighted by atomic mass is 79.9. The molecule has 0 spiro atoms. The van der Waals surface area contributed by atoms with Gasteiger partial charge in [0.05, 0.1) is 10.2 Å². The third-order valence-electron chi connectivity index (χ3n) is 4.82.